The molecule has 5 heteroatoms. The van der Waals surface area contributed by atoms with Crippen LogP contribution in [0.5, 0.6) is 5.75 Å². The van der Waals surface area contributed by atoms with Crippen molar-refractivity contribution in [1.82, 2.24) is 0 Å². The van der Waals surface area contributed by atoms with Crippen LogP contribution in [0.2, 0.25) is 0 Å². The number of hydrogen-bond acceptors (Lipinski definition) is 3. The first-order chi connectivity index (χ1) is 11.1. The molecular weight excluding hydrogens is 440 g/mol. The zero-order valence-electron chi connectivity index (χ0n) is 12.0. The van der Waals surface area contributed by atoms with Gasteiger partial charge in [0.15, 0.2) is 0 Å². The number of rotatable bonds is 4. The molecule has 0 fully saturated rings. The molecule has 2 nitrogen and oxygen atoms in total. The highest BCUT2D eigenvalue weighted by Crippen LogP contribution is 2.42. The Bertz CT molecular complexity index is 828. The van der Waals surface area contributed by atoms with Crippen molar-refractivity contribution in [2.75, 3.05) is 6.61 Å². The van der Waals surface area contributed by atoms with E-state index in [2.05, 4.69) is 38.4 Å². The third kappa shape index (κ3) is 3.47. The minimum absolute atomic E-state index is 0.0522. The molecular formula is C18H12Br2O2S. The van der Waals surface area contributed by atoms with Crippen molar-refractivity contribution in [1.29, 1.82) is 0 Å². The zero-order chi connectivity index (χ0) is 16.4. The molecule has 0 atom stereocenters. The third-order valence-corrected chi connectivity index (χ3v) is 5.39. The van der Waals surface area contributed by atoms with Gasteiger partial charge in [0.2, 0.25) is 5.78 Å². The Morgan fingerprint density at radius 2 is 2.00 bits per heavy atom. The summed E-state index contributed by atoms with van der Waals surface area (Å²) in [4.78, 5) is 14.2. The molecule has 0 saturated carbocycles. The molecule has 0 bridgehead atoms. The first-order valence-corrected chi connectivity index (χ1v) is 9.26. The van der Waals surface area contributed by atoms with Gasteiger partial charge in [-0.25, -0.2) is 0 Å². The molecule has 1 aliphatic heterocycles. The predicted octanol–water partition coefficient (Wildman–Crippen LogP) is 6.11. The molecule has 0 aromatic heterocycles. The molecule has 0 aliphatic carbocycles. The van der Waals surface area contributed by atoms with E-state index >= 15 is 0 Å². The molecule has 0 radical (unpaired) electrons. The summed E-state index contributed by atoms with van der Waals surface area (Å²) in [7, 11) is 0. The Morgan fingerprint density at radius 3 is 2.74 bits per heavy atom. The van der Waals surface area contributed by atoms with Crippen LogP contribution in [-0.2, 0) is 0 Å². The summed E-state index contributed by atoms with van der Waals surface area (Å²) >= 11 is 8.48. The molecule has 0 amide bonds. The van der Waals surface area contributed by atoms with Crippen molar-refractivity contribution in [2.45, 2.75) is 4.90 Å². The van der Waals surface area contributed by atoms with E-state index in [1.165, 1.54) is 11.8 Å². The van der Waals surface area contributed by atoms with Crippen LogP contribution in [0.15, 0.2) is 67.8 Å². The second kappa shape index (κ2) is 7.07. The molecule has 1 aliphatic rings. The summed E-state index contributed by atoms with van der Waals surface area (Å²) in [6, 6.07) is 11.5. The lowest BCUT2D eigenvalue weighted by Crippen LogP contribution is -1.98. The minimum Gasteiger partial charge on any atom is -0.488 e. The Kier molecular flexibility index (Phi) is 5.09. The first-order valence-electron chi connectivity index (χ1n) is 6.86. The summed E-state index contributed by atoms with van der Waals surface area (Å²) in [6.45, 7) is 4.07. The first kappa shape index (κ1) is 16.6. The number of allylic oxidation sites excluding steroid dienone is 1. The molecule has 2 aromatic rings. The molecule has 3 rings (SSSR count). The van der Waals surface area contributed by atoms with Crippen LogP contribution in [0.1, 0.15) is 15.9 Å². The lowest BCUT2D eigenvalue weighted by atomic mass is 10.1. The zero-order valence-corrected chi connectivity index (χ0v) is 16.0. The van der Waals surface area contributed by atoms with E-state index in [1.54, 1.807) is 6.08 Å². The van der Waals surface area contributed by atoms with E-state index in [0.717, 1.165) is 25.0 Å². The Morgan fingerprint density at radius 1 is 1.22 bits per heavy atom. The van der Waals surface area contributed by atoms with Crippen molar-refractivity contribution in [3.8, 4) is 5.75 Å². The van der Waals surface area contributed by atoms with Crippen LogP contribution in [0.25, 0.3) is 6.08 Å². The van der Waals surface area contributed by atoms with Crippen LogP contribution in [0.4, 0.5) is 0 Å². The Balaban J connectivity index is 2.03. The van der Waals surface area contributed by atoms with Gasteiger partial charge in [0.05, 0.1) is 9.38 Å². The van der Waals surface area contributed by atoms with Crippen LogP contribution < -0.4 is 4.74 Å². The number of carbonyl (C=O) groups is 1. The van der Waals surface area contributed by atoms with Gasteiger partial charge in [0, 0.05) is 20.5 Å². The average Bonchev–Trinajstić information content (AvgIpc) is 2.83. The molecule has 0 saturated heterocycles. The van der Waals surface area contributed by atoms with Gasteiger partial charge in [-0.3, -0.25) is 4.79 Å². The summed E-state index contributed by atoms with van der Waals surface area (Å²) in [5, 5.41) is 0. The molecule has 0 unspecified atom stereocenters. The third-order valence-electron chi connectivity index (χ3n) is 3.24. The summed E-state index contributed by atoms with van der Waals surface area (Å²) < 4.78 is 7.48. The van der Waals surface area contributed by atoms with Gasteiger partial charge in [-0.05, 0) is 46.3 Å². The van der Waals surface area contributed by atoms with Crippen molar-refractivity contribution in [3.05, 3.63) is 74.0 Å². The topological polar surface area (TPSA) is 26.3 Å². The SMILES string of the molecule is C=CCOc1c(Br)cc(Br)cc1/C=C1/Sc2ccccc2C1=O. The highest BCUT2D eigenvalue weighted by Gasteiger charge is 2.25. The summed E-state index contributed by atoms with van der Waals surface area (Å²) in [5.41, 5.74) is 1.60. The number of ketones is 1. The van der Waals surface area contributed by atoms with Gasteiger partial charge in [0.25, 0.3) is 0 Å². The minimum atomic E-state index is 0.0522. The molecule has 1 heterocycles. The quantitative estimate of drug-likeness (QED) is 0.414. The number of ether oxygens (including phenoxy) is 1. The predicted molar refractivity (Wildman–Crippen MR) is 102 cm³/mol. The van der Waals surface area contributed by atoms with E-state index < -0.39 is 0 Å². The van der Waals surface area contributed by atoms with E-state index in [0.29, 0.717) is 17.3 Å². The van der Waals surface area contributed by atoms with Gasteiger partial charge in [0.1, 0.15) is 12.4 Å². The monoisotopic (exact) mass is 450 g/mol. The van der Waals surface area contributed by atoms with E-state index in [1.807, 2.05) is 42.5 Å². The van der Waals surface area contributed by atoms with Gasteiger partial charge in [-0.1, -0.05) is 52.5 Å². The fraction of sp³-hybridized carbons (Fsp3) is 0.0556. The molecule has 2 aromatic carbocycles. The van der Waals surface area contributed by atoms with E-state index in [4.69, 9.17) is 4.74 Å². The Hall–Kier alpha value is -1.30. The Labute approximate surface area is 155 Å². The number of halogens is 2. The highest BCUT2D eigenvalue weighted by atomic mass is 79.9. The average molecular weight is 452 g/mol. The lowest BCUT2D eigenvalue weighted by Gasteiger charge is -2.11. The fourth-order valence-corrected chi connectivity index (χ4v) is 4.67. The lowest BCUT2D eigenvalue weighted by molar-refractivity contribution is 0.104. The van der Waals surface area contributed by atoms with Gasteiger partial charge < -0.3 is 4.74 Å². The number of carbonyl (C=O) groups excluding carboxylic acids is 1. The number of thioether (sulfide) groups is 1. The van der Waals surface area contributed by atoms with Crippen molar-refractivity contribution < 1.29 is 9.53 Å². The van der Waals surface area contributed by atoms with E-state index in [9.17, 15) is 4.79 Å². The van der Waals surface area contributed by atoms with Crippen LogP contribution in [0.3, 0.4) is 0 Å². The molecule has 0 spiro atoms. The standard InChI is InChI=1S/C18H12Br2O2S/c1-2-7-22-18-11(8-12(19)10-14(18)20)9-16-17(21)13-5-3-4-6-15(13)23-16/h2-6,8-10H,1,7H2/b16-9+. The molecule has 0 N–H and O–H groups in total. The second-order valence-electron chi connectivity index (χ2n) is 4.84. The summed E-state index contributed by atoms with van der Waals surface area (Å²) in [5.74, 6) is 0.751. The van der Waals surface area contributed by atoms with Gasteiger partial charge in [-0.15, -0.1) is 0 Å². The maximum Gasteiger partial charge on any atom is 0.200 e. The number of hydrogen-bond donors (Lipinski definition) is 0. The molecule has 116 valence electrons. The second-order valence-corrected chi connectivity index (χ2v) is 7.70. The number of fused-ring (bicyclic) bond motifs is 1. The van der Waals surface area contributed by atoms with Crippen molar-refractivity contribution in [2.24, 2.45) is 0 Å². The highest BCUT2D eigenvalue weighted by molar-refractivity contribution is 9.11. The normalized spacial score (nSPS) is 14.9. The van der Waals surface area contributed by atoms with Crippen LogP contribution in [-0.4, -0.2) is 12.4 Å². The maximum absolute atomic E-state index is 12.5. The van der Waals surface area contributed by atoms with E-state index in [-0.39, 0.29) is 5.78 Å². The van der Waals surface area contributed by atoms with Gasteiger partial charge in [-0.2, -0.15) is 0 Å². The van der Waals surface area contributed by atoms with Crippen LogP contribution >= 0.6 is 43.6 Å². The maximum atomic E-state index is 12.5. The van der Waals surface area contributed by atoms with Crippen molar-refractivity contribution >= 4 is 55.5 Å². The van der Waals surface area contributed by atoms with Crippen molar-refractivity contribution in [3.63, 3.8) is 0 Å². The fourth-order valence-electron chi connectivity index (χ4n) is 2.26. The number of Topliss-reactive ketones (excluding diaryl/α,β-unsaturated/α-hetero) is 1. The largest absolute Gasteiger partial charge is 0.488 e. The van der Waals surface area contributed by atoms with Gasteiger partial charge >= 0.3 is 0 Å². The smallest absolute Gasteiger partial charge is 0.200 e. The number of benzene rings is 2. The van der Waals surface area contributed by atoms with Crippen LogP contribution in [0, 0.1) is 0 Å². The molecule has 23 heavy (non-hydrogen) atoms. The summed E-state index contributed by atoms with van der Waals surface area (Å²) in [6.07, 6.45) is 3.57.